The summed E-state index contributed by atoms with van der Waals surface area (Å²) < 4.78 is 0. The zero-order valence-electron chi connectivity index (χ0n) is 25.9. The predicted molar refractivity (Wildman–Crippen MR) is 162 cm³/mol. The van der Waals surface area contributed by atoms with Crippen LogP contribution in [0.5, 0.6) is 0 Å². The molecule has 6 nitrogen and oxygen atoms in total. The van der Waals surface area contributed by atoms with Crippen LogP contribution >= 0.6 is 0 Å². The van der Waals surface area contributed by atoms with E-state index < -0.39 is 5.41 Å². The van der Waals surface area contributed by atoms with Gasteiger partial charge in [0.05, 0.1) is 0 Å². The van der Waals surface area contributed by atoms with Crippen molar-refractivity contribution in [1.82, 2.24) is 0 Å². The van der Waals surface area contributed by atoms with Gasteiger partial charge >= 0.3 is 0 Å². The van der Waals surface area contributed by atoms with Crippen LogP contribution in [0, 0.1) is 39.9 Å². The zero-order chi connectivity index (χ0) is 29.2. The molecule has 0 aliphatic heterocycles. The molecule has 0 radical (unpaired) electrons. The molecular formula is C33H53N3O3. The Morgan fingerprint density at radius 2 is 0.846 bits per heavy atom. The highest BCUT2D eigenvalue weighted by Crippen LogP contribution is 2.41. The van der Waals surface area contributed by atoms with Crippen LogP contribution in [-0.2, 0) is 14.4 Å². The summed E-state index contributed by atoms with van der Waals surface area (Å²) in [6, 6.07) is 5.38. The SMILES string of the molecule is CC(C)(C)C(=O)Nc1cc(NC(=O)[C@H]2CC[C@@H](C(C)(C)C)CC2)cc(NC(=O)[C@H]2CC[C@@H](C(C)(C)C)CC2)c1. The number of benzene rings is 1. The predicted octanol–water partition coefficient (Wildman–Crippen LogP) is 8.25. The lowest BCUT2D eigenvalue weighted by Gasteiger charge is -2.36. The van der Waals surface area contributed by atoms with Gasteiger partial charge in [0.25, 0.3) is 0 Å². The molecule has 0 bridgehead atoms. The molecule has 0 saturated heterocycles. The Kier molecular flexibility index (Phi) is 9.60. The fraction of sp³-hybridized carbons (Fsp3) is 0.727. The van der Waals surface area contributed by atoms with Gasteiger partial charge in [-0.05, 0) is 92.2 Å². The summed E-state index contributed by atoms with van der Waals surface area (Å²) in [5, 5.41) is 9.15. The summed E-state index contributed by atoms with van der Waals surface area (Å²) in [6.45, 7) is 19.3. The Morgan fingerprint density at radius 1 is 0.538 bits per heavy atom. The van der Waals surface area contributed by atoms with Crippen molar-refractivity contribution < 1.29 is 14.4 Å². The van der Waals surface area contributed by atoms with E-state index in [-0.39, 0.29) is 40.4 Å². The second-order valence-electron chi connectivity index (χ2n) is 15.3. The lowest BCUT2D eigenvalue weighted by molar-refractivity contribution is -0.123. The van der Waals surface area contributed by atoms with Crippen LogP contribution in [0.15, 0.2) is 18.2 Å². The molecule has 3 rings (SSSR count). The van der Waals surface area contributed by atoms with E-state index >= 15 is 0 Å². The van der Waals surface area contributed by atoms with Gasteiger partial charge in [0.15, 0.2) is 0 Å². The summed E-state index contributed by atoms with van der Waals surface area (Å²) >= 11 is 0. The van der Waals surface area contributed by atoms with Gasteiger partial charge in [-0.2, -0.15) is 0 Å². The van der Waals surface area contributed by atoms with Crippen molar-refractivity contribution in [3.05, 3.63) is 18.2 Å². The van der Waals surface area contributed by atoms with Crippen molar-refractivity contribution in [3.8, 4) is 0 Å². The molecule has 218 valence electrons. The van der Waals surface area contributed by atoms with E-state index in [1.54, 1.807) is 12.1 Å². The molecule has 1 aromatic carbocycles. The molecule has 0 unspecified atom stereocenters. The van der Waals surface area contributed by atoms with Gasteiger partial charge in [-0.1, -0.05) is 62.3 Å². The van der Waals surface area contributed by atoms with Crippen molar-refractivity contribution in [2.45, 2.75) is 114 Å². The average Bonchev–Trinajstić information content (AvgIpc) is 2.82. The van der Waals surface area contributed by atoms with Crippen LogP contribution in [0.4, 0.5) is 17.1 Å². The monoisotopic (exact) mass is 539 g/mol. The standard InChI is InChI=1S/C33H53N3O3/c1-31(2,3)23-14-10-21(11-15-23)28(37)34-25-18-26(20-27(19-25)36-30(39)33(7,8)9)35-29(38)22-12-16-24(17-13-22)32(4,5)6/h18-24H,10-17H2,1-9H3,(H,34,37)(H,35,38)(H,36,39)/t21-,22-,23+,24+. The molecule has 39 heavy (non-hydrogen) atoms. The molecule has 1 aromatic rings. The van der Waals surface area contributed by atoms with E-state index in [1.165, 1.54) is 0 Å². The number of hydrogen-bond acceptors (Lipinski definition) is 3. The summed E-state index contributed by atoms with van der Waals surface area (Å²) in [5.74, 6) is 1.14. The Morgan fingerprint density at radius 3 is 1.13 bits per heavy atom. The van der Waals surface area contributed by atoms with Crippen LogP contribution in [0.1, 0.15) is 114 Å². The van der Waals surface area contributed by atoms with Crippen molar-refractivity contribution >= 4 is 34.8 Å². The van der Waals surface area contributed by atoms with Crippen molar-refractivity contribution in [1.29, 1.82) is 0 Å². The maximum atomic E-state index is 13.2. The summed E-state index contributed by atoms with van der Waals surface area (Å²) in [5.41, 5.74) is 1.71. The number of rotatable bonds is 5. The third kappa shape index (κ3) is 8.81. The first-order chi connectivity index (χ1) is 17.9. The van der Waals surface area contributed by atoms with Crippen LogP contribution in [-0.4, -0.2) is 17.7 Å². The molecule has 2 fully saturated rings. The third-order valence-corrected chi connectivity index (χ3v) is 9.05. The Balaban J connectivity index is 1.72. The maximum Gasteiger partial charge on any atom is 0.229 e. The minimum atomic E-state index is -0.569. The molecule has 0 atom stereocenters. The fourth-order valence-corrected chi connectivity index (χ4v) is 6.09. The van der Waals surface area contributed by atoms with Crippen LogP contribution < -0.4 is 16.0 Å². The first-order valence-corrected chi connectivity index (χ1v) is 15.0. The van der Waals surface area contributed by atoms with Crippen molar-refractivity contribution in [2.75, 3.05) is 16.0 Å². The van der Waals surface area contributed by atoms with Crippen molar-refractivity contribution in [3.63, 3.8) is 0 Å². The first-order valence-electron chi connectivity index (χ1n) is 15.0. The number of amides is 3. The molecule has 3 amide bonds. The van der Waals surface area contributed by atoms with Crippen LogP contribution in [0.25, 0.3) is 0 Å². The number of anilines is 3. The quantitative estimate of drug-likeness (QED) is 0.352. The number of carbonyl (C=O) groups is 3. The average molecular weight is 540 g/mol. The Hall–Kier alpha value is -2.37. The van der Waals surface area contributed by atoms with E-state index in [0.29, 0.717) is 28.9 Å². The Labute approximate surface area is 236 Å². The lowest BCUT2D eigenvalue weighted by atomic mass is 9.69. The lowest BCUT2D eigenvalue weighted by Crippen LogP contribution is -2.32. The molecule has 0 spiro atoms. The van der Waals surface area contributed by atoms with E-state index in [2.05, 4.69) is 57.5 Å². The molecule has 2 saturated carbocycles. The highest BCUT2D eigenvalue weighted by molar-refractivity contribution is 5.99. The second-order valence-corrected chi connectivity index (χ2v) is 15.3. The summed E-state index contributed by atoms with van der Waals surface area (Å²) in [6.07, 6.45) is 7.77. The molecule has 0 aromatic heterocycles. The van der Waals surface area contributed by atoms with Gasteiger partial charge in [-0.25, -0.2) is 0 Å². The smallest absolute Gasteiger partial charge is 0.229 e. The molecule has 2 aliphatic carbocycles. The van der Waals surface area contributed by atoms with E-state index in [4.69, 9.17) is 0 Å². The van der Waals surface area contributed by atoms with E-state index in [1.807, 2.05) is 26.8 Å². The highest BCUT2D eigenvalue weighted by Gasteiger charge is 2.34. The fourth-order valence-electron chi connectivity index (χ4n) is 6.09. The molecule has 0 heterocycles. The van der Waals surface area contributed by atoms with Crippen LogP contribution in [0.3, 0.4) is 0 Å². The Bertz CT molecular complexity index is 959. The third-order valence-electron chi connectivity index (χ3n) is 9.05. The van der Waals surface area contributed by atoms with E-state index in [0.717, 1.165) is 51.4 Å². The van der Waals surface area contributed by atoms with Gasteiger partial charge in [0.2, 0.25) is 17.7 Å². The molecular weight excluding hydrogens is 486 g/mol. The zero-order valence-corrected chi connectivity index (χ0v) is 25.9. The maximum absolute atomic E-state index is 13.2. The normalized spacial score (nSPS) is 24.5. The van der Waals surface area contributed by atoms with Crippen molar-refractivity contribution in [2.24, 2.45) is 39.9 Å². The van der Waals surface area contributed by atoms with E-state index in [9.17, 15) is 14.4 Å². The summed E-state index contributed by atoms with van der Waals surface area (Å²) in [4.78, 5) is 39.2. The summed E-state index contributed by atoms with van der Waals surface area (Å²) in [7, 11) is 0. The largest absolute Gasteiger partial charge is 0.326 e. The molecule has 6 heteroatoms. The second kappa shape index (κ2) is 12.0. The molecule has 3 N–H and O–H groups in total. The minimum Gasteiger partial charge on any atom is -0.326 e. The number of hydrogen-bond donors (Lipinski definition) is 3. The minimum absolute atomic E-state index is 0.0134. The number of carbonyl (C=O) groups excluding carboxylic acids is 3. The topological polar surface area (TPSA) is 87.3 Å². The van der Waals surface area contributed by atoms with Gasteiger partial charge in [0.1, 0.15) is 0 Å². The van der Waals surface area contributed by atoms with Gasteiger partial charge < -0.3 is 16.0 Å². The molecule has 2 aliphatic rings. The van der Waals surface area contributed by atoms with Gasteiger partial charge in [0, 0.05) is 34.3 Å². The van der Waals surface area contributed by atoms with Crippen LogP contribution in [0.2, 0.25) is 0 Å². The van der Waals surface area contributed by atoms with Gasteiger partial charge in [-0.15, -0.1) is 0 Å². The number of nitrogens with one attached hydrogen (secondary N) is 3. The van der Waals surface area contributed by atoms with Gasteiger partial charge in [-0.3, -0.25) is 14.4 Å². The first kappa shape index (κ1) is 31.2. The highest BCUT2D eigenvalue weighted by atomic mass is 16.2.